The predicted octanol–water partition coefficient (Wildman–Crippen LogP) is 3.82. The summed E-state index contributed by atoms with van der Waals surface area (Å²) in [6, 6.07) is 14.8. The second kappa shape index (κ2) is 3.84. The van der Waals surface area contributed by atoms with E-state index >= 15 is 0 Å². The Hall–Kier alpha value is -1.47. The van der Waals surface area contributed by atoms with E-state index in [4.69, 9.17) is 5.73 Å². The number of nitrogen functional groups attached to an aromatic ring is 1. The summed E-state index contributed by atoms with van der Waals surface area (Å²) in [6.45, 7) is 2.24. The molecule has 2 heteroatoms. The van der Waals surface area contributed by atoms with Gasteiger partial charge in [-0.2, -0.15) is 0 Å². The molecule has 0 radical (unpaired) electrons. The Morgan fingerprint density at radius 1 is 0.938 bits per heavy atom. The second-order valence-corrected chi connectivity index (χ2v) is 4.16. The standard InChI is InChI=1S/C14H13N.ClH/c1-9-11-4-2-3-5-12(11)13-7-6-10(15)8-14(9)13;/h2-9H,15H2,1H3;1H. The summed E-state index contributed by atoms with van der Waals surface area (Å²) in [4.78, 5) is 0. The number of anilines is 1. The summed E-state index contributed by atoms with van der Waals surface area (Å²) < 4.78 is 0. The lowest BCUT2D eigenvalue weighted by Gasteiger charge is -2.06. The maximum atomic E-state index is 5.83. The van der Waals surface area contributed by atoms with Gasteiger partial charge in [0.15, 0.2) is 0 Å². The molecule has 0 fully saturated rings. The maximum absolute atomic E-state index is 5.83. The first-order valence-electron chi connectivity index (χ1n) is 5.26. The molecule has 2 aromatic carbocycles. The van der Waals surface area contributed by atoms with Crippen molar-refractivity contribution in [3.05, 3.63) is 53.6 Å². The van der Waals surface area contributed by atoms with Gasteiger partial charge in [-0.3, -0.25) is 0 Å². The van der Waals surface area contributed by atoms with E-state index in [2.05, 4.69) is 43.3 Å². The minimum absolute atomic E-state index is 0. The first kappa shape index (κ1) is 11.0. The van der Waals surface area contributed by atoms with Crippen molar-refractivity contribution in [2.24, 2.45) is 0 Å². The molecule has 1 atom stereocenters. The van der Waals surface area contributed by atoms with E-state index < -0.39 is 0 Å². The van der Waals surface area contributed by atoms with Crippen LogP contribution in [0.1, 0.15) is 24.0 Å². The number of nitrogens with two attached hydrogens (primary N) is 1. The smallest absolute Gasteiger partial charge is 0.0317 e. The van der Waals surface area contributed by atoms with Gasteiger partial charge in [-0.1, -0.05) is 37.3 Å². The zero-order valence-corrected chi connectivity index (χ0v) is 9.92. The van der Waals surface area contributed by atoms with Crippen molar-refractivity contribution in [1.29, 1.82) is 0 Å². The Morgan fingerprint density at radius 3 is 2.44 bits per heavy atom. The highest BCUT2D eigenvalue weighted by atomic mass is 35.5. The number of hydrogen-bond acceptors (Lipinski definition) is 1. The zero-order valence-electron chi connectivity index (χ0n) is 9.10. The van der Waals surface area contributed by atoms with Crippen LogP contribution in [-0.2, 0) is 0 Å². The fourth-order valence-corrected chi connectivity index (χ4v) is 2.47. The van der Waals surface area contributed by atoms with Crippen molar-refractivity contribution in [3.8, 4) is 11.1 Å². The summed E-state index contributed by atoms with van der Waals surface area (Å²) in [7, 11) is 0. The average Bonchev–Trinajstić information content (AvgIpc) is 2.54. The molecular weight excluding hydrogens is 218 g/mol. The van der Waals surface area contributed by atoms with Gasteiger partial charge in [0, 0.05) is 11.6 Å². The summed E-state index contributed by atoms with van der Waals surface area (Å²) in [5, 5.41) is 0. The van der Waals surface area contributed by atoms with Crippen molar-refractivity contribution >= 4 is 18.1 Å². The number of hydrogen-bond donors (Lipinski definition) is 1. The maximum Gasteiger partial charge on any atom is 0.0317 e. The Balaban J connectivity index is 0.000000963. The van der Waals surface area contributed by atoms with Crippen LogP contribution in [0.3, 0.4) is 0 Å². The van der Waals surface area contributed by atoms with Crippen LogP contribution in [0.25, 0.3) is 11.1 Å². The molecule has 1 aliphatic carbocycles. The molecule has 1 unspecified atom stereocenters. The molecule has 16 heavy (non-hydrogen) atoms. The van der Waals surface area contributed by atoms with Gasteiger partial charge in [0.2, 0.25) is 0 Å². The van der Waals surface area contributed by atoms with Crippen LogP contribution in [0.5, 0.6) is 0 Å². The van der Waals surface area contributed by atoms with Crippen molar-refractivity contribution in [2.45, 2.75) is 12.8 Å². The van der Waals surface area contributed by atoms with Crippen LogP contribution < -0.4 is 5.73 Å². The van der Waals surface area contributed by atoms with Crippen molar-refractivity contribution in [1.82, 2.24) is 0 Å². The molecule has 0 heterocycles. The van der Waals surface area contributed by atoms with Crippen molar-refractivity contribution in [3.63, 3.8) is 0 Å². The fraction of sp³-hybridized carbons (Fsp3) is 0.143. The number of rotatable bonds is 0. The SMILES string of the molecule is CC1c2ccccc2-c2ccc(N)cc21.Cl. The molecule has 1 aliphatic rings. The van der Waals surface area contributed by atoms with Gasteiger partial charge in [0.05, 0.1) is 0 Å². The van der Waals surface area contributed by atoms with Crippen LogP contribution in [0.4, 0.5) is 5.69 Å². The second-order valence-electron chi connectivity index (χ2n) is 4.16. The predicted molar refractivity (Wildman–Crippen MR) is 71.1 cm³/mol. The lowest BCUT2D eigenvalue weighted by atomic mass is 9.99. The monoisotopic (exact) mass is 231 g/mol. The molecule has 0 aromatic heterocycles. The average molecular weight is 232 g/mol. The largest absolute Gasteiger partial charge is 0.399 e. The molecule has 0 saturated heterocycles. The molecule has 1 nitrogen and oxygen atoms in total. The topological polar surface area (TPSA) is 26.0 Å². The van der Waals surface area contributed by atoms with Gasteiger partial charge in [-0.25, -0.2) is 0 Å². The van der Waals surface area contributed by atoms with E-state index in [1.165, 1.54) is 22.3 Å². The molecule has 0 spiro atoms. The number of halogens is 1. The van der Waals surface area contributed by atoms with Crippen molar-refractivity contribution < 1.29 is 0 Å². The molecule has 0 bridgehead atoms. The van der Waals surface area contributed by atoms with E-state index in [0.717, 1.165) is 5.69 Å². The van der Waals surface area contributed by atoms with E-state index in [1.54, 1.807) is 0 Å². The molecule has 0 amide bonds. The number of fused-ring (bicyclic) bond motifs is 3. The van der Waals surface area contributed by atoms with Crippen LogP contribution in [-0.4, -0.2) is 0 Å². The van der Waals surface area contributed by atoms with E-state index in [0.29, 0.717) is 5.92 Å². The van der Waals surface area contributed by atoms with E-state index in [-0.39, 0.29) is 12.4 Å². The highest BCUT2D eigenvalue weighted by Crippen LogP contribution is 2.44. The first-order valence-corrected chi connectivity index (χ1v) is 5.26. The van der Waals surface area contributed by atoms with Crippen LogP contribution in [0.15, 0.2) is 42.5 Å². The quantitative estimate of drug-likeness (QED) is 0.686. The third kappa shape index (κ3) is 1.40. The summed E-state index contributed by atoms with van der Waals surface area (Å²) in [5.41, 5.74) is 12.2. The first-order chi connectivity index (χ1) is 7.27. The van der Waals surface area contributed by atoms with Gasteiger partial charge in [0.1, 0.15) is 0 Å². The number of benzene rings is 2. The van der Waals surface area contributed by atoms with Crippen molar-refractivity contribution in [2.75, 3.05) is 5.73 Å². The molecule has 0 aliphatic heterocycles. The summed E-state index contributed by atoms with van der Waals surface area (Å²) in [5.74, 6) is 0.472. The van der Waals surface area contributed by atoms with Gasteiger partial charge in [-0.15, -0.1) is 12.4 Å². The highest BCUT2D eigenvalue weighted by molar-refractivity contribution is 5.85. The minimum Gasteiger partial charge on any atom is -0.399 e. The van der Waals surface area contributed by atoms with Crippen LogP contribution >= 0.6 is 12.4 Å². The van der Waals surface area contributed by atoms with Gasteiger partial charge in [0.25, 0.3) is 0 Å². The molecule has 2 aromatic rings. The third-order valence-corrected chi connectivity index (χ3v) is 3.26. The molecular formula is C14H14ClN. The zero-order chi connectivity index (χ0) is 10.4. The fourth-order valence-electron chi connectivity index (χ4n) is 2.47. The lowest BCUT2D eigenvalue weighted by molar-refractivity contribution is 0.957. The van der Waals surface area contributed by atoms with Gasteiger partial charge < -0.3 is 5.73 Å². The van der Waals surface area contributed by atoms with E-state index in [9.17, 15) is 0 Å². The Kier molecular flexibility index (Phi) is 2.64. The Morgan fingerprint density at radius 2 is 1.62 bits per heavy atom. The van der Waals surface area contributed by atoms with E-state index in [1.807, 2.05) is 6.07 Å². The third-order valence-electron chi connectivity index (χ3n) is 3.26. The van der Waals surface area contributed by atoms with Gasteiger partial charge in [-0.05, 0) is 34.4 Å². The normalized spacial score (nSPS) is 16.2. The molecule has 0 saturated carbocycles. The highest BCUT2D eigenvalue weighted by Gasteiger charge is 2.24. The van der Waals surface area contributed by atoms with Gasteiger partial charge >= 0.3 is 0 Å². The molecule has 82 valence electrons. The minimum atomic E-state index is 0. The Labute approximate surface area is 102 Å². The molecule has 2 N–H and O–H groups in total. The van der Waals surface area contributed by atoms with Crippen LogP contribution in [0.2, 0.25) is 0 Å². The lowest BCUT2D eigenvalue weighted by Crippen LogP contribution is -1.91. The Bertz CT molecular complexity index is 534. The van der Waals surface area contributed by atoms with Crippen LogP contribution in [0, 0.1) is 0 Å². The summed E-state index contributed by atoms with van der Waals surface area (Å²) >= 11 is 0. The molecule has 3 rings (SSSR count). The summed E-state index contributed by atoms with van der Waals surface area (Å²) in [6.07, 6.45) is 0.